The molecule has 16 heavy (non-hydrogen) atoms. The van der Waals surface area contributed by atoms with Crippen LogP contribution in [0.4, 0.5) is 5.69 Å². The molecule has 0 saturated heterocycles. The first-order valence-electron chi connectivity index (χ1n) is 5.19. The van der Waals surface area contributed by atoms with Gasteiger partial charge in [-0.05, 0) is 38.0 Å². The first kappa shape index (κ1) is 11.1. The average molecular weight is 238 g/mol. The molecule has 2 rings (SSSR count). The molecule has 0 bridgehead atoms. The van der Waals surface area contributed by atoms with E-state index < -0.39 is 0 Å². The number of hydrogen-bond donors (Lipinski definition) is 1. The van der Waals surface area contributed by atoms with Gasteiger partial charge >= 0.3 is 0 Å². The molecule has 84 valence electrons. The van der Waals surface area contributed by atoms with E-state index in [2.05, 4.69) is 5.32 Å². The van der Waals surface area contributed by atoms with Gasteiger partial charge in [-0.2, -0.15) is 0 Å². The summed E-state index contributed by atoms with van der Waals surface area (Å²) >= 11 is 5.94. The van der Waals surface area contributed by atoms with Crippen LogP contribution in [-0.4, -0.2) is 11.7 Å². The van der Waals surface area contributed by atoms with Crippen LogP contribution in [0, 0.1) is 5.92 Å². The van der Waals surface area contributed by atoms with Crippen molar-refractivity contribution in [1.82, 2.24) is 0 Å². The van der Waals surface area contributed by atoms with Crippen LogP contribution in [0.1, 0.15) is 30.1 Å². The van der Waals surface area contributed by atoms with Crippen molar-refractivity contribution in [3.05, 3.63) is 28.8 Å². The molecule has 1 fully saturated rings. The summed E-state index contributed by atoms with van der Waals surface area (Å²) in [6.07, 6.45) is 1.88. The fourth-order valence-electron chi connectivity index (χ4n) is 1.42. The molecule has 1 aromatic rings. The van der Waals surface area contributed by atoms with E-state index in [0.29, 0.717) is 16.3 Å². The maximum absolute atomic E-state index is 11.6. The highest BCUT2D eigenvalue weighted by molar-refractivity contribution is 6.34. The predicted octanol–water partition coefficient (Wildman–Crippen LogP) is 2.89. The molecule has 3 nitrogen and oxygen atoms in total. The number of hydrogen-bond acceptors (Lipinski definition) is 2. The molecule has 1 N–H and O–H groups in total. The third kappa shape index (κ3) is 2.42. The molecule has 1 saturated carbocycles. The monoisotopic (exact) mass is 237 g/mol. The van der Waals surface area contributed by atoms with E-state index in [1.807, 2.05) is 0 Å². The van der Waals surface area contributed by atoms with E-state index in [4.69, 9.17) is 11.6 Å². The lowest BCUT2D eigenvalue weighted by Crippen LogP contribution is -2.14. The van der Waals surface area contributed by atoms with Gasteiger partial charge in [-0.25, -0.2) is 0 Å². The van der Waals surface area contributed by atoms with Crippen molar-refractivity contribution in [2.24, 2.45) is 5.92 Å². The van der Waals surface area contributed by atoms with Crippen LogP contribution in [0.5, 0.6) is 0 Å². The SMILES string of the molecule is CC(=O)c1ccc(Cl)c(NC(=O)C2CC2)c1. The number of benzene rings is 1. The van der Waals surface area contributed by atoms with Gasteiger partial charge in [-0.15, -0.1) is 0 Å². The van der Waals surface area contributed by atoms with E-state index in [9.17, 15) is 9.59 Å². The second-order valence-corrected chi connectivity index (χ2v) is 4.42. The number of anilines is 1. The van der Waals surface area contributed by atoms with Gasteiger partial charge in [0.05, 0.1) is 10.7 Å². The summed E-state index contributed by atoms with van der Waals surface area (Å²) < 4.78 is 0. The highest BCUT2D eigenvalue weighted by atomic mass is 35.5. The maximum Gasteiger partial charge on any atom is 0.227 e. The van der Waals surface area contributed by atoms with Gasteiger partial charge in [0.25, 0.3) is 0 Å². The zero-order chi connectivity index (χ0) is 11.7. The Hall–Kier alpha value is -1.35. The maximum atomic E-state index is 11.6. The Balaban J connectivity index is 2.20. The Bertz CT molecular complexity index is 452. The van der Waals surface area contributed by atoms with Crippen molar-refractivity contribution in [3.8, 4) is 0 Å². The molecule has 0 unspecified atom stereocenters. The lowest BCUT2D eigenvalue weighted by atomic mass is 10.1. The van der Waals surface area contributed by atoms with E-state index >= 15 is 0 Å². The van der Waals surface area contributed by atoms with Crippen molar-refractivity contribution in [1.29, 1.82) is 0 Å². The molecule has 0 radical (unpaired) electrons. The van der Waals surface area contributed by atoms with Crippen LogP contribution in [0.3, 0.4) is 0 Å². The topological polar surface area (TPSA) is 46.2 Å². The van der Waals surface area contributed by atoms with Gasteiger partial charge in [0.1, 0.15) is 0 Å². The van der Waals surface area contributed by atoms with Gasteiger partial charge in [-0.3, -0.25) is 9.59 Å². The Kier molecular flexibility index (Phi) is 2.97. The third-order valence-electron chi connectivity index (χ3n) is 2.58. The summed E-state index contributed by atoms with van der Waals surface area (Å²) in [6, 6.07) is 4.89. The van der Waals surface area contributed by atoms with Crippen molar-refractivity contribution in [3.63, 3.8) is 0 Å². The Morgan fingerprint density at radius 3 is 2.62 bits per heavy atom. The second kappa shape index (κ2) is 4.26. The minimum absolute atomic E-state index is 0.0115. The highest BCUT2D eigenvalue weighted by Crippen LogP contribution is 2.31. The molecular weight excluding hydrogens is 226 g/mol. The summed E-state index contributed by atoms with van der Waals surface area (Å²) in [7, 11) is 0. The summed E-state index contributed by atoms with van der Waals surface area (Å²) in [4.78, 5) is 22.7. The first-order valence-corrected chi connectivity index (χ1v) is 5.57. The molecule has 1 amide bonds. The summed E-state index contributed by atoms with van der Waals surface area (Å²) in [5.74, 6) is 0.0678. The molecule has 4 heteroatoms. The summed E-state index contributed by atoms with van der Waals surface area (Å²) in [5.41, 5.74) is 1.07. The van der Waals surface area contributed by atoms with Crippen LogP contribution < -0.4 is 5.32 Å². The van der Waals surface area contributed by atoms with Gasteiger partial charge in [-0.1, -0.05) is 11.6 Å². The van der Waals surface area contributed by atoms with Gasteiger partial charge in [0, 0.05) is 11.5 Å². The molecule has 0 atom stereocenters. The fraction of sp³-hybridized carbons (Fsp3) is 0.333. The van der Waals surface area contributed by atoms with Gasteiger partial charge < -0.3 is 5.32 Å². The molecule has 0 heterocycles. The zero-order valence-corrected chi connectivity index (χ0v) is 9.67. The van der Waals surface area contributed by atoms with Crippen LogP contribution in [-0.2, 0) is 4.79 Å². The van der Waals surface area contributed by atoms with Crippen LogP contribution >= 0.6 is 11.6 Å². The summed E-state index contributed by atoms with van der Waals surface area (Å²) in [5, 5.41) is 3.20. The van der Waals surface area contributed by atoms with E-state index in [-0.39, 0.29) is 17.6 Å². The largest absolute Gasteiger partial charge is 0.325 e. The van der Waals surface area contributed by atoms with Gasteiger partial charge in [0.15, 0.2) is 5.78 Å². The van der Waals surface area contributed by atoms with Crippen molar-refractivity contribution >= 4 is 29.0 Å². The fourth-order valence-corrected chi connectivity index (χ4v) is 1.59. The average Bonchev–Trinajstić information content (AvgIpc) is 3.04. The number of amides is 1. The highest BCUT2D eigenvalue weighted by Gasteiger charge is 2.29. The van der Waals surface area contributed by atoms with Gasteiger partial charge in [0.2, 0.25) is 5.91 Å². The number of rotatable bonds is 3. The lowest BCUT2D eigenvalue weighted by Gasteiger charge is -2.07. The van der Waals surface area contributed by atoms with E-state index in [1.165, 1.54) is 6.92 Å². The molecule has 0 aliphatic heterocycles. The number of carbonyl (C=O) groups is 2. The van der Waals surface area contributed by atoms with E-state index in [1.54, 1.807) is 18.2 Å². The predicted molar refractivity (Wildman–Crippen MR) is 62.8 cm³/mol. The smallest absolute Gasteiger partial charge is 0.227 e. The Morgan fingerprint density at radius 2 is 2.06 bits per heavy atom. The second-order valence-electron chi connectivity index (χ2n) is 4.01. The van der Waals surface area contributed by atoms with E-state index in [0.717, 1.165) is 12.8 Å². The molecule has 0 spiro atoms. The zero-order valence-electron chi connectivity index (χ0n) is 8.92. The minimum atomic E-state index is -0.0430. The molecule has 0 aromatic heterocycles. The van der Waals surface area contributed by atoms with Crippen LogP contribution in [0.15, 0.2) is 18.2 Å². The summed E-state index contributed by atoms with van der Waals surface area (Å²) in [6.45, 7) is 1.48. The van der Waals surface area contributed by atoms with Crippen molar-refractivity contribution in [2.45, 2.75) is 19.8 Å². The number of Topliss-reactive ketones (excluding diaryl/α,β-unsaturated/α-hetero) is 1. The number of carbonyl (C=O) groups excluding carboxylic acids is 2. The van der Waals surface area contributed by atoms with Crippen LogP contribution in [0.2, 0.25) is 5.02 Å². The molecular formula is C12H12ClNO2. The number of halogens is 1. The molecule has 1 aromatic carbocycles. The normalized spacial score (nSPS) is 14.6. The van der Waals surface area contributed by atoms with Crippen molar-refractivity contribution in [2.75, 3.05) is 5.32 Å². The molecule has 1 aliphatic carbocycles. The minimum Gasteiger partial charge on any atom is -0.325 e. The van der Waals surface area contributed by atoms with Crippen molar-refractivity contribution < 1.29 is 9.59 Å². The third-order valence-corrected chi connectivity index (χ3v) is 2.91. The number of ketones is 1. The van der Waals surface area contributed by atoms with Crippen LogP contribution in [0.25, 0.3) is 0 Å². The Morgan fingerprint density at radius 1 is 1.38 bits per heavy atom. The number of nitrogens with one attached hydrogen (secondary N) is 1. The standard InChI is InChI=1S/C12H12ClNO2/c1-7(15)9-4-5-10(13)11(6-9)14-12(16)8-2-3-8/h4-6,8H,2-3H2,1H3,(H,14,16). The first-order chi connectivity index (χ1) is 7.58. The quantitative estimate of drug-likeness (QED) is 0.822. The lowest BCUT2D eigenvalue weighted by molar-refractivity contribution is -0.117. The Labute approximate surface area is 98.8 Å². The molecule has 1 aliphatic rings.